The van der Waals surface area contributed by atoms with E-state index >= 15 is 0 Å². The van der Waals surface area contributed by atoms with E-state index in [0.29, 0.717) is 24.7 Å². The lowest BCUT2D eigenvalue weighted by molar-refractivity contribution is -0.122. The second-order valence-corrected chi connectivity index (χ2v) is 7.78. The highest BCUT2D eigenvalue weighted by molar-refractivity contribution is 7.97. The fraction of sp³-hybridized carbons (Fsp3) is 0.556. The molecule has 0 saturated carbocycles. The van der Waals surface area contributed by atoms with Gasteiger partial charge in [-0.05, 0) is 44.1 Å². The lowest BCUT2D eigenvalue weighted by Crippen LogP contribution is -2.48. The number of rotatable bonds is 5. The van der Waals surface area contributed by atoms with Crippen molar-refractivity contribution in [1.29, 1.82) is 0 Å². The number of piperidine rings is 1. The van der Waals surface area contributed by atoms with E-state index in [2.05, 4.69) is 26.4 Å². The zero-order chi connectivity index (χ0) is 16.5. The molecule has 2 aromatic rings. The Morgan fingerprint density at radius 3 is 2.83 bits per heavy atom. The number of benzene rings is 1. The van der Waals surface area contributed by atoms with Crippen LogP contribution in [-0.2, 0) is 17.1 Å². The van der Waals surface area contributed by atoms with E-state index in [4.69, 9.17) is 0 Å². The number of hydrogen-bond donors (Lipinski definition) is 2. The van der Waals surface area contributed by atoms with E-state index in [9.17, 15) is 4.79 Å². The van der Waals surface area contributed by atoms with Crippen LogP contribution in [0.25, 0.3) is 11.0 Å². The molecular weight excluding hydrogens is 320 g/mol. The summed E-state index contributed by atoms with van der Waals surface area (Å²) >= 11 is 1.73. The summed E-state index contributed by atoms with van der Waals surface area (Å²) in [5.41, 5.74) is 2.01. The van der Waals surface area contributed by atoms with Gasteiger partial charge < -0.3 is 15.2 Å². The van der Waals surface area contributed by atoms with Gasteiger partial charge in [-0.2, -0.15) is 11.8 Å². The minimum Gasteiger partial charge on any atom is -0.352 e. The molecular formula is C18H24N4OS. The minimum absolute atomic E-state index is 0.104. The second-order valence-electron chi connectivity index (χ2n) is 6.91. The van der Waals surface area contributed by atoms with E-state index in [1.165, 1.54) is 12.8 Å². The first-order valence-electron chi connectivity index (χ1n) is 8.71. The van der Waals surface area contributed by atoms with Gasteiger partial charge in [0, 0.05) is 18.1 Å². The molecule has 3 heterocycles. The van der Waals surface area contributed by atoms with Gasteiger partial charge in [0.2, 0.25) is 5.91 Å². The average molecular weight is 344 g/mol. The fourth-order valence-corrected chi connectivity index (χ4v) is 4.61. The Morgan fingerprint density at radius 2 is 2.08 bits per heavy atom. The summed E-state index contributed by atoms with van der Waals surface area (Å²) in [6, 6.07) is 9.56. The van der Waals surface area contributed by atoms with Gasteiger partial charge in [0.15, 0.2) is 0 Å². The van der Waals surface area contributed by atoms with Crippen LogP contribution in [0.3, 0.4) is 0 Å². The number of amides is 1. The maximum absolute atomic E-state index is 12.6. The van der Waals surface area contributed by atoms with Crippen molar-refractivity contribution in [2.24, 2.45) is 0 Å². The first-order valence-corrected chi connectivity index (χ1v) is 10.1. The Kier molecular flexibility index (Phi) is 4.50. The number of carbonyl (C=O) groups excluding carboxylic acids is 1. The van der Waals surface area contributed by atoms with Gasteiger partial charge in [0.1, 0.15) is 12.4 Å². The van der Waals surface area contributed by atoms with Gasteiger partial charge in [-0.15, -0.1) is 0 Å². The molecule has 2 unspecified atom stereocenters. The Bertz CT molecular complexity index is 732. The number of imidazole rings is 1. The molecule has 2 fully saturated rings. The van der Waals surface area contributed by atoms with E-state index in [0.717, 1.165) is 35.5 Å². The third-order valence-electron chi connectivity index (χ3n) is 5.15. The molecule has 1 amide bonds. The zero-order valence-electron chi connectivity index (χ0n) is 14.0. The largest absolute Gasteiger partial charge is 0.352 e. The van der Waals surface area contributed by atoms with Crippen LogP contribution in [0.2, 0.25) is 0 Å². The highest BCUT2D eigenvalue weighted by Gasteiger charge is 2.34. The predicted octanol–water partition coefficient (Wildman–Crippen LogP) is 2.30. The van der Waals surface area contributed by atoms with Crippen LogP contribution < -0.4 is 10.6 Å². The van der Waals surface area contributed by atoms with Crippen LogP contribution in [0.5, 0.6) is 0 Å². The molecule has 0 radical (unpaired) electrons. The van der Waals surface area contributed by atoms with Gasteiger partial charge >= 0.3 is 0 Å². The van der Waals surface area contributed by atoms with Gasteiger partial charge in [0.05, 0.1) is 16.8 Å². The first-order chi connectivity index (χ1) is 11.7. The fourth-order valence-electron chi connectivity index (χ4n) is 4.13. The number of hydrogen-bond acceptors (Lipinski definition) is 4. The Hall–Kier alpha value is -1.53. The van der Waals surface area contributed by atoms with Gasteiger partial charge in [-0.25, -0.2) is 4.98 Å². The lowest BCUT2D eigenvalue weighted by Gasteiger charge is -2.29. The van der Waals surface area contributed by atoms with Gasteiger partial charge in [-0.1, -0.05) is 12.1 Å². The van der Waals surface area contributed by atoms with Crippen LogP contribution in [0.4, 0.5) is 0 Å². The number of carbonyl (C=O) groups is 1. The highest BCUT2D eigenvalue weighted by Crippen LogP contribution is 2.27. The maximum atomic E-state index is 12.6. The SMILES string of the molecule is CSCc1nc2ccccc2n1CC(=O)NC1CC2CCC(C1)N2. The second kappa shape index (κ2) is 6.76. The monoisotopic (exact) mass is 344 g/mol. The summed E-state index contributed by atoms with van der Waals surface area (Å²) in [6.07, 6.45) is 6.69. The molecule has 1 aromatic heterocycles. The van der Waals surface area contributed by atoms with Crippen LogP contribution in [0.15, 0.2) is 24.3 Å². The molecule has 2 aliphatic heterocycles. The minimum atomic E-state index is 0.104. The van der Waals surface area contributed by atoms with Crippen molar-refractivity contribution in [2.75, 3.05) is 6.26 Å². The molecule has 1 aromatic carbocycles. The van der Waals surface area contributed by atoms with Gasteiger partial charge in [-0.3, -0.25) is 4.79 Å². The van der Waals surface area contributed by atoms with Gasteiger partial charge in [0.25, 0.3) is 0 Å². The molecule has 2 atom stereocenters. The lowest BCUT2D eigenvalue weighted by atomic mass is 10.00. The number of thioether (sulfide) groups is 1. The maximum Gasteiger partial charge on any atom is 0.240 e. The molecule has 128 valence electrons. The molecule has 2 saturated heterocycles. The van der Waals surface area contributed by atoms with E-state index < -0.39 is 0 Å². The average Bonchev–Trinajstić information content (AvgIpc) is 3.08. The van der Waals surface area contributed by atoms with Crippen LogP contribution in [0, 0.1) is 0 Å². The van der Waals surface area contributed by atoms with Crippen LogP contribution in [-0.4, -0.2) is 39.8 Å². The summed E-state index contributed by atoms with van der Waals surface area (Å²) in [7, 11) is 0. The zero-order valence-corrected chi connectivity index (χ0v) is 14.8. The molecule has 4 rings (SSSR count). The molecule has 2 bridgehead atoms. The molecule has 2 aliphatic rings. The highest BCUT2D eigenvalue weighted by atomic mass is 32.2. The molecule has 5 nitrogen and oxygen atoms in total. The van der Waals surface area contributed by atoms with E-state index in [-0.39, 0.29) is 5.91 Å². The summed E-state index contributed by atoms with van der Waals surface area (Å²) < 4.78 is 2.07. The Labute approximate surface area is 146 Å². The summed E-state index contributed by atoms with van der Waals surface area (Å²) in [4.78, 5) is 17.3. The quantitative estimate of drug-likeness (QED) is 0.874. The summed E-state index contributed by atoms with van der Waals surface area (Å²) in [5, 5.41) is 6.88. The van der Waals surface area contributed by atoms with Crippen LogP contribution in [0.1, 0.15) is 31.5 Å². The molecule has 24 heavy (non-hydrogen) atoms. The number of para-hydroxylation sites is 2. The number of fused-ring (bicyclic) bond motifs is 3. The van der Waals surface area contributed by atoms with E-state index in [1.54, 1.807) is 11.8 Å². The molecule has 2 N–H and O–H groups in total. The number of nitrogens with zero attached hydrogens (tertiary/aromatic N) is 2. The third-order valence-corrected chi connectivity index (χ3v) is 5.69. The number of nitrogens with one attached hydrogen (secondary N) is 2. The summed E-state index contributed by atoms with van der Waals surface area (Å²) in [6.45, 7) is 0.357. The van der Waals surface area contributed by atoms with Crippen molar-refractivity contribution < 1.29 is 4.79 Å². The van der Waals surface area contributed by atoms with Crippen molar-refractivity contribution in [3.63, 3.8) is 0 Å². The molecule has 6 heteroatoms. The van der Waals surface area contributed by atoms with Crippen molar-refractivity contribution in [2.45, 2.75) is 56.1 Å². The molecule has 0 spiro atoms. The Morgan fingerprint density at radius 1 is 1.33 bits per heavy atom. The Balaban J connectivity index is 1.49. The standard InChI is InChI=1S/C18H24N4OS/c1-24-11-17-21-15-4-2-3-5-16(15)22(17)10-18(23)20-14-8-12-6-7-13(9-14)19-12/h2-5,12-14,19H,6-11H2,1H3,(H,20,23). The topological polar surface area (TPSA) is 59.0 Å². The third kappa shape index (κ3) is 3.17. The van der Waals surface area contributed by atoms with Crippen molar-refractivity contribution in [1.82, 2.24) is 20.2 Å². The van der Waals surface area contributed by atoms with Crippen molar-refractivity contribution in [3.05, 3.63) is 30.1 Å². The van der Waals surface area contributed by atoms with Crippen LogP contribution >= 0.6 is 11.8 Å². The van der Waals surface area contributed by atoms with E-state index in [1.807, 2.05) is 24.3 Å². The normalized spacial score (nSPS) is 26.0. The first kappa shape index (κ1) is 16.0. The number of aromatic nitrogens is 2. The smallest absolute Gasteiger partial charge is 0.240 e. The van der Waals surface area contributed by atoms with Crippen molar-refractivity contribution >= 4 is 28.7 Å². The molecule has 0 aliphatic carbocycles. The van der Waals surface area contributed by atoms with Crippen molar-refractivity contribution in [3.8, 4) is 0 Å². The summed E-state index contributed by atoms with van der Waals surface area (Å²) in [5.74, 6) is 1.90. The predicted molar refractivity (Wildman–Crippen MR) is 98.1 cm³/mol.